The number of rotatable bonds is 6. The molecule has 1 aliphatic rings. The van der Waals surface area contributed by atoms with Crippen molar-refractivity contribution in [3.8, 4) is 5.75 Å². The number of hydrogen-bond acceptors (Lipinski definition) is 3. The summed E-state index contributed by atoms with van der Waals surface area (Å²) in [6, 6.07) is 6.94. The third kappa shape index (κ3) is 4.35. The first-order valence-corrected chi connectivity index (χ1v) is 7.35. The average molecular weight is 303 g/mol. The fourth-order valence-corrected chi connectivity index (χ4v) is 2.24. The summed E-state index contributed by atoms with van der Waals surface area (Å²) in [6.07, 6.45) is 2.96. The summed E-state index contributed by atoms with van der Waals surface area (Å²) in [5.74, 6) is -0.673. The highest BCUT2D eigenvalue weighted by molar-refractivity contribution is 5.95. The lowest BCUT2D eigenvalue weighted by molar-refractivity contribution is -0.145. The Kier molecular flexibility index (Phi) is 5.20. The van der Waals surface area contributed by atoms with Crippen LogP contribution in [-0.4, -0.2) is 29.6 Å². The third-order valence-corrected chi connectivity index (χ3v) is 3.66. The number of carboxylic acids is 1. The second-order valence-corrected chi connectivity index (χ2v) is 5.80. The third-order valence-electron chi connectivity index (χ3n) is 3.66. The number of carbonyl (C=O) groups excluding carboxylic acids is 1. The zero-order valence-electron chi connectivity index (χ0n) is 12.8. The van der Waals surface area contributed by atoms with E-state index < -0.39 is 5.97 Å². The van der Waals surface area contributed by atoms with Gasteiger partial charge in [-0.05, 0) is 51.0 Å². The number of carbonyl (C=O) groups is 2. The second-order valence-electron chi connectivity index (χ2n) is 5.80. The lowest BCUT2D eigenvalue weighted by Gasteiger charge is -2.32. The molecule has 0 aromatic heterocycles. The first-order valence-electron chi connectivity index (χ1n) is 7.35. The normalized spacial score (nSPS) is 19.7. The van der Waals surface area contributed by atoms with Crippen molar-refractivity contribution in [2.24, 2.45) is 5.92 Å². The van der Waals surface area contributed by atoms with Gasteiger partial charge < -0.3 is 15.2 Å². The van der Waals surface area contributed by atoms with Gasteiger partial charge in [0.2, 0.25) is 0 Å². The van der Waals surface area contributed by atoms with E-state index in [0.29, 0.717) is 30.8 Å². The van der Waals surface area contributed by atoms with Crippen LogP contribution in [0.3, 0.4) is 0 Å². The Morgan fingerprint density at radius 3 is 2.73 bits per heavy atom. The number of ether oxygens (including phenoxy) is 1. The molecule has 1 fully saturated rings. The van der Waals surface area contributed by atoms with Crippen LogP contribution >= 0.6 is 0 Å². The number of allylic oxidation sites excluding steroid dienone is 1. The van der Waals surface area contributed by atoms with Gasteiger partial charge in [0.1, 0.15) is 12.4 Å². The van der Waals surface area contributed by atoms with Crippen molar-refractivity contribution in [2.75, 3.05) is 6.61 Å². The molecule has 0 atom stereocenters. The minimum Gasteiger partial charge on any atom is -0.490 e. The maximum absolute atomic E-state index is 12.1. The van der Waals surface area contributed by atoms with Gasteiger partial charge in [-0.25, -0.2) is 0 Å². The van der Waals surface area contributed by atoms with Crippen LogP contribution in [0.15, 0.2) is 35.9 Å². The highest BCUT2D eigenvalue weighted by atomic mass is 16.5. The van der Waals surface area contributed by atoms with Gasteiger partial charge in [-0.1, -0.05) is 11.6 Å². The number of nitrogens with one attached hydrogen (secondary N) is 1. The smallest absolute Gasteiger partial charge is 0.306 e. The van der Waals surface area contributed by atoms with Crippen molar-refractivity contribution in [2.45, 2.75) is 32.7 Å². The molecule has 0 bridgehead atoms. The molecule has 0 spiro atoms. The zero-order chi connectivity index (χ0) is 16.1. The molecule has 0 aliphatic heterocycles. The highest BCUT2D eigenvalue weighted by Crippen LogP contribution is 2.27. The van der Waals surface area contributed by atoms with Crippen molar-refractivity contribution >= 4 is 11.9 Å². The summed E-state index contributed by atoms with van der Waals surface area (Å²) < 4.78 is 5.57. The predicted molar refractivity (Wildman–Crippen MR) is 83.0 cm³/mol. The monoisotopic (exact) mass is 303 g/mol. The Morgan fingerprint density at radius 1 is 1.36 bits per heavy atom. The predicted octanol–water partition coefficient (Wildman–Crippen LogP) is 2.62. The van der Waals surface area contributed by atoms with E-state index in [-0.39, 0.29) is 17.9 Å². The molecule has 1 aliphatic carbocycles. The number of hydrogen-bond donors (Lipinski definition) is 2. The Hall–Kier alpha value is -2.30. The SMILES string of the molecule is CC(C)=CCOc1cccc(C(=O)NC2CC(C(=O)O)C2)c1. The van der Waals surface area contributed by atoms with Crippen LogP contribution in [0.25, 0.3) is 0 Å². The highest BCUT2D eigenvalue weighted by Gasteiger charge is 2.35. The number of benzene rings is 1. The van der Waals surface area contributed by atoms with Gasteiger partial charge in [-0.2, -0.15) is 0 Å². The minimum atomic E-state index is -0.792. The summed E-state index contributed by atoms with van der Waals surface area (Å²) >= 11 is 0. The topological polar surface area (TPSA) is 75.6 Å². The van der Waals surface area contributed by atoms with Crippen LogP contribution in [-0.2, 0) is 4.79 Å². The van der Waals surface area contributed by atoms with Crippen molar-refractivity contribution in [3.05, 3.63) is 41.5 Å². The molecule has 0 radical (unpaired) electrons. The molecule has 5 heteroatoms. The number of aliphatic carboxylic acids is 1. The molecule has 1 amide bonds. The molecule has 1 aromatic carbocycles. The molecule has 0 saturated heterocycles. The van der Waals surface area contributed by atoms with Gasteiger partial charge in [0.15, 0.2) is 0 Å². The second kappa shape index (κ2) is 7.11. The first-order chi connectivity index (χ1) is 10.5. The van der Waals surface area contributed by atoms with Crippen molar-refractivity contribution in [3.63, 3.8) is 0 Å². The van der Waals surface area contributed by atoms with E-state index in [4.69, 9.17) is 9.84 Å². The largest absolute Gasteiger partial charge is 0.490 e. The molecule has 1 saturated carbocycles. The quantitative estimate of drug-likeness (QED) is 0.792. The Morgan fingerprint density at radius 2 is 2.09 bits per heavy atom. The van der Waals surface area contributed by atoms with Crippen molar-refractivity contribution < 1.29 is 19.4 Å². The van der Waals surface area contributed by atoms with Crippen molar-refractivity contribution in [1.82, 2.24) is 5.32 Å². The molecule has 118 valence electrons. The maximum Gasteiger partial charge on any atom is 0.306 e. The summed E-state index contributed by atoms with van der Waals surface area (Å²) in [5.41, 5.74) is 1.69. The van der Waals surface area contributed by atoms with E-state index in [2.05, 4.69) is 5.32 Å². The van der Waals surface area contributed by atoms with E-state index in [1.807, 2.05) is 19.9 Å². The van der Waals surface area contributed by atoms with Crippen LogP contribution in [0, 0.1) is 5.92 Å². The van der Waals surface area contributed by atoms with E-state index in [0.717, 1.165) is 0 Å². The Bertz CT molecular complexity index is 584. The molecule has 22 heavy (non-hydrogen) atoms. The molecule has 2 N–H and O–H groups in total. The molecule has 5 nitrogen and oxygen atoms in total. The van der Waals surface area contributed by atoms with Gasteiger partial charge in [-0.15, -0.1) is 0 Å². The number of amides is 1. The van der Waals surface area contributed by atoms with Crippen LogP contribution < -0.4 is 10.1 Å². The summed E-state index contributed by atoms with van der Waals surface area (Å²) in [5, 5.41) is 11.7. The molecule has 0 unspecified atom stereocenters. The summed E-state index contributed by atoms with van der Waals surface area (Å²) in [6.45, 7) is 4.46. The molecule has 1 aromatic rings. The van der Waals surface area contributed by atoms with Crippen LogP contribution in [0.2, 0.25) is 0 Å². The summed E-state index contributed by atoms with van der Waals surface area (Å²) in [7, 11) is 0. The van der Waals surface area contributed by atoms with Crippen LogP contribution in [0.4, 0.5) is 0 Å². The van der Waals surface area contributed by atoms with Gasteiger partial charge in [0, 0.05) is 11.6 Å². The molecular weight excluding hydrogens is 282 g/mol. The fourth-order valence-electron chi connectivity index (χ4n) is 2.24. The van der Waals surface area contributed by atoms with E-state index >= 15 is 0 Å². The molecule has 2 rings (SSSR count). The summed E-state index contributed by atoms with van der Waals surface area (Å²) in [4.78, 5) is 22.9. The lowest BCUT2D eigenvalue weighted by Crippen LogP contribution is -2.46. The minimum absolute atomic E-state index is 0.0520. The standard InChI is InChI=1S/C17H21NO4/c1-11(2)6-7-22-15-5-3-4-12(10-15)16(19)18-14-8-13(9-14)17(20)21/h3-6,10,13-14H,7-9H2,1-2H3,(H,18,19)(H,20,21). The number of carboxylic acid groups (broad SMARTS) is 1. The Balaban J connectivity index is 1.88. The van der Waals surface area contributed by atoms with Gasteiger partial charge >= 0.3 is 5.97 Å². The van der Waals surface area contributed by atoms with E-state index in [1.54, 1.807) is 24.3 Å². The first kappa shape index (κ1) is 16.1. The lowest BCUT2D eigenvalue weighted by atomic mass is 9.80. The van der Waals surface area contributed by atoms with Crippen LogP contribution in [0.5, 0.6) is 5.75 Å². The van der Waals surface area contributed by atoms with Gasteiger partial charge in [0.25, 0.3) is 5.91 Å². The van der Waals surface area contributed by atoms with Gasteiger partial charge in [0.05, 0.1) is 5.92 Å². The maximum atomic E-state index is 12.1. The van der Waals surface area contributed by atoms with Crippen molar-refractivity contribution in [1.29, 1.82) is 0 Å². The van der Waals surface area contributed by atoms with E-state index in [1.165, 1.54) is 5.57 Å². The molecular formula is C17H21NO4. The Labute approximate surface area is 130 Å². The molecule has 0 heterocycles. The van der Waals surface area contributed by atoms with E-state index in [9.17, 15) is 9.59 Å². The van der Waals surface area contributed by atoms with Gasteiger partial charge in [-0.3, -0.25) is 9.59 Å². The average Bonchev–Trinajstić information content (AvgIpc) is 2.41. The zero-order valence-corrected chi connectivity index (χ0v) is 12.8. The fraction of sp³-hybridized carbons (Fsp3) is 0.412. The van der Waals surface area contributed by atoms with Crippen LogP contribution in [0.1, 0.15) is 37.0 Å².